The minimum absolute atomic E-state index is 0.0531. The van der Waals surface area contributed by atoms with Gasteiger partial charge < -0.3 is 10.6 Å². The van der Waals surface area contributed by atoms with Crippen molar-refractivity contribution in [1.82, 2.24) is 9.97 Å². The van der Waals surface area contributed by atoms with Crippen LogP contribution in [0.3, 0.4) is 0 Å². The lowest BCUT2D eigenvalue weighted by Gasteiger charge is -2.14. The minimum atomic E-state index is -4.50. The number of para-hydroxylation sites is 2. The van der Waals surface area contributed by atoms with E-state index in [-0.39, 0.29) is 17.2 Å². The molecule has 0 unspecified atom stereocenters. The number of carbonyl (C=O) groups is 1. The molecule has 2 N–H and O–H groups in total. The van der Waals surface area contributed by atoms with E-state index in [1.807, 2.05) is 32.0 Å². The Bertz CT molecular complexity index is 981. The first-order chi connectivity index (χ1) is 13.3. The molecule has 0 fully saturated rings. The Labute approximate surface area is 159 Å². The SMILES string of the molecule is Cc1cccc(C)c1NC(=O)c1cnc(Nc2ccccc2C(F)(F)F)cn1. The number of alkyl halides is 3. The molecule has 28 heavy (non-hydrogen) atoms. The van der Waals surface area contributed by atoms with E-state index >= 15 is 0 Å². The fraction of sp³-hybridized carbons (Fsp3) is 0.150. The van der Waals surface area contributed by atoms with E-state index in [0.29, 0.717) is 5.69 Å². The first kappa shape index (κ1) is 19.3. The molecule has 2 aromatic carbocycles. The fourth-order valence-electron chi connectivity index (χ4n) is 2.68. The van der Waals surface area contributed by atoms with Gasteiger partial charge in [-0.2, -0.15) is 13.2 Å². The van der Waals surface area contributed by atoms with Gasteiger partial charge in [0.2, 0.25) is 0 Å². The predicted molar refractivity (Wildman–Crippen MR) is 101 cm³/mol. The minimum Gasteiger partial charge on any atom is -0.338 e. The van der Waals surface area contributed by atoms with E-state index in [4.69, 9.17) is 0 Å². The molecule has 3 aromatic rings. The third-order valence-corrected chi connectivity index (χ3v) is 4.10. The molecule has 0 spiro atoms. The number of aryl methyl sites for hydroxylation is 2. The fourth-order valence-corrected chi connectivity index (χ4v) is 2.68. The highest BCUT2D eigenvalue weighted by molar-refractivity contribution is 6.03. The zero-order chi connectivity index (χ0) is 20.3. The van der Waals surface area contributed by atoms with Gasteiger partial charge in [0, 0.05) is 5.69 Å². The van der Waals surface area contributed by atoms with Gasteiger partial charge in [-0.25, -0.2) is 9.97 Å². The van der Waals surface area contributed by atoms with Crippen molar-refractivity contribution >= 4 is 23.1 Å². The highest BCUT2D eigenvalue weighted by Crippen LogP contribution is 2.35. The molecule has 0 saturated carbocycles. The summed E-state index contributed by atoms with van der Waals surface area (Å²) in [4.78, 5) is 20.4. The van der Waals surface area contributed by atoms with E-state index in [2.05, 4.69) is 20.6 Å². The van der Waals surface area contributed by atoms with Gasteiger partial charge in [-0.15, -0.1) is 0 Å². The number of benzene rings is 2. The summed E-state index contributed by atoms with van der Waals surface area (Å²) in [7, 11) is 0. The van der Waals surface area contributed by atoms with Crippen molar-refractivity contribution < 1.29 is 18.0 Å². The van der Waals surface area contributed by atoms with Crippen LogP contribution in [0.15, 0.2) is 54.9 Å². The van der Waals surface area contributed by atoms with Crippen LogP contribution in [0.5, 0.6) is 0 Å². The summed E-state index contributed by atoms with van der Waals surface area (Å²) in [5.74, 6) is -0.354. The molecule has 0 radical (unpaired) electrons. The Kier molecular flexibility index (Phi) is 5.30. The molecule has 3 rings (SSSR count). The number of rotatable bonds is 4. The number of nitrogens with zero attached hydrogens (tertiary/aromatic N) is 2. The molecule has 0 aliphatic carbocycles. The van der Waals surface area contributed by atoms with Crippen LogP contribution < -0.4 is 10.6 Å². The van der Waals surface area contributed by atoms with Crippen LogP contribution in [0.25, 0.3) is 0 Å². The largest absolute Gasteiger partial charge is 0.418 e. The first-order valence-electron chi connectivity index (χ1n) is 8.38. The molecule has 144 valence electrons. The first-order valence-corrected chi connectivity index (χ1v) is 8.38. The zero-order valence-corrected chi connectivity index (χ0v) is 15.1. The van der Waals surface area contributed by atoms with Crippen LogP contribution in [0.1, 0.15) is 27.2 Å². The lowest BCUT2D eigenvalue weighted by molar-refractivity contribution is -0.136. The van der Waals surface area contributed by atoms with Crippen LogP contribution in [0.4, 0.5) is 30.4 Å². The third kappa shape index (κ3) is 4.28. The van der Waals surface area contributed by atoms with Crippen molar-refractivity contribution in [2.45, 2.75) is 20.0 Å². The van der Waals surface area contributed by atoms with Crippen LogP contribution >= 0.6 is 0 Å². The van der Waals surface area contributed by atoms with Crippen molar-refractivity contribution in [3.05, 3.63) is 77.2 Å². The molecule has 0 aliphatic heterocycles. The Morgan fingerprint density at radius 3 is 2.21 bits per heavy atom. The second kappa shape index (κ2) is 7.67. The number of anilines is 3. The van der Waals surface area contributed by atoms with Gasteiger partial charge in [-0.05, 0) is 37.1 Å². The van der Waals surface area contributed by atoms with Gasteiger partial charge in [-0.3, -0.25) is 4.79 Å². The van der Waals surface area contributed by atoms with E-state index < -0.39 is 17.6 Å². The maximum absolute atomic E-state index is 13.1. The molecule has 1 aromatic heterocycles. The number of hydrogen-bond acceptors (Lipinski definition) is 4. The highest BCUT2D eigenvalue weighted by Gasteiger charge is 2.33. The van der Waals surface area contributed by atoms with Crippen LogP contribution in [-0.2, 0) is 6.18 Å². The topological polar surface area (TPSA) is 66.9 Å². The van der Waals surface area contributed by atoms with Gasteiger partial charge in [0.1, 0.15) is 11.5 Å². The molecular formula is C20H17F3N4O. The summed E-state index contributed by atoms with van der Waals surface area (Å²) in [6.45, 7) is 3.75. The van der Waals surface area contributed by atoms with E-state index in [0.717, 1.165) is 17.2 Å². The molecule has 0 atom stereocenters. The van der Waals surface area contributed by atoms with E-state index in [9.17, 15) is 18.0 Å². The van der Waals surface area contributed by atoms with Crippen molar-refractivity contribution in [3.8, 4) is 0 Å². The summed E-state index contributed by atoms with van der Waals surface area (Å²) < 4.78 is 39.2. The molecule has 0 aliphatic rings. The summed E-state index contributed by atoms with van der Waals surface area (Å²) in [5.41, 5.74) is 1.60. The van der Waals surface area contributed by atoms with Crippen molar-refractivity contribution in [1.29, 1.82) is 0 Å². The number of hydrogen-bond donors (Lipinski definition) is 2. The lowest BCUT2D eigenvalue weighted by Crippen LogP contribution is -2.16. The summed E-state index contributed by atoms with van der Waals surface area (Å²) in [5, 5.41) is 5.37. The average Bonchev–Trinajstić information content (AvgIpc) is 2.65. The summed E-state index contributed by atoms with van der Waals surface area (Å²) >= 11 is 0. The van der Waals surface area contributed by atoms with E-state index in [1.165, 1.54) is 30.6 Å². The molecule has 1 amide bonds. The average molecular weight is 386 g/mol. The number of aromatic nitrogens is 2. The predicted octanol–water partition coefficient (Wildman–Crippen LogP) is 5.11. The van der Waals surface area contributed by atoms with Crippen molar-refractivity contribution in [3.63, 3.8) is 0 Å². The molecule has 1 heterocycles. The zero-order valence-electron chi connectivity index (χ0n) is 15.1. The smallest absolute Gasteiger partial charge is 0.338 e. The quantitative estimate of drug-likeness (QED) is 0.654. The van der Waals surface area contributed by atoms with Gasteiger partial charge in [0.25, 0.3) is 5.91 Å². The normalized spacial score (nSPS) is 11.2. The second-order valence-corrected chi connectivity index (χ2v) is 6.18. The number of halogens is 3. The van der Waals surface area contributed by atoms with Crippen LogP contribution in [0.2, 0.25) is 0 Å². The maximum atomic E-state index is 13.1. The Morgan fingerprint density at radius 1 is 0.929 bits per heavy atom. The Morgan fingerprint density at radius 2 is 1.61 bits per heavy atom. The van der Waals surface area contributed by atoms with Gasteiger partial charge in [0.15, 0.2) is 0 Å². The summed E-state index contributed by atoms with van der Waals surface area (Å²) in [6.07, 6.45) is -2.07. The van der Waals surface area contributed by atoms with Crippen LogP contribution in [0, 0.1) is 13.8 Å². The maximum Gasteiger partial charge on any atom is 0.418 e. The number of carbonyl (C=O) groups excluding carboxylic acids is 1. The second-order valence-electron chi connectivity index (χ2n) is 6.18. The van der Waals surface area contributed by atoms with Crippen molar-refractivity contribution in [2.75, 3.05) is 10.6 Å². The lowest BCUT2D eigenvalue weighted by atomic mass is 10.1. The third-order valence-electron chi connectivity index (χ3n) is 4.10. The Balaban J connectivity index is 1.77. The molecular weight excluding hydrogens is 369 g/mol. The van der Waals surface area contributed by atoms with Crippen molar-refractivity contribution in [2.24, 2.45) is 0 Å². The van der Waals surface area contributed by atoms with Crippen LogP contribution in [-0.4, -0.2) is 15.9 Å². The standard InChI is InChI=1S/C20H17F3N4O/c1-12-6-5-7-13(2)18(12)27-19(28)16-10-25-17(11-24-16)26-15-9-4-3-8-14(15)20(21,22)23/h3-11H,1-2H3,(H,25,26)(H,27,28). The molecule has 0 saturated heterocycles. The van der Waals surface area contributed by atoms with Gasteiger partial charge in [-0.1, -0.05) is 30.3 Å². The number of nitrogens with one attached hydrogen (secondary N) is 2. The van der Waals surface area contributed by atoms with Gasteiger partial charge >= 0.3 is 6.18 Å². The highest BCUT2D eigenvalue weighted by atomic mass is 19.4. The van der Waals surface area contributed by atoms with E-state index in [1.54, 1.807) is 0 Å². The monoisotopic (exact) mass is 386 g/mol. The molecule has 5 nitrogen and oxygen atoms in total. The van der Waals surface area contributed by atoms with Gasteiger partial charge in [0.05, 0.1) is 23.6 Å². The Hall–Kier alpha value is -3.42. The summed E-state index contributed by atoms with van der Waals surface area (Å²) in [6, 6.07) is 10.7. The molecule has 8 heteroatoms. The molecule has 0 bridgehead atoms. The number of amides is 1.